The Hall–Kier alpha value is -2.37. The molecule has 0 aliphatic rings. The molecule has 1 N–H and O–H groups in total. The van der Waals surface area contributed by atoms with Crippen LogP contribution in [0.3, 0.4) is 0 Å². The van der Waals surface area contributed by atoms with Gasteiger partial charge in [-0.25, -0.2) is 4.79 Å². The van der Waals surface area contributed by atoms with Crippen LogP contribution in [0.15, 0.2) is 28.8 Å². The van der Waals surface area contributed by atoms with Crippen LogP contribution in [0.5, 0.6) is 0 Å². The van der Waals surface area contributed by atoms with Gasteiger partial charge in [0.05, 0.1) is 0 Å². The number of aryl methyl sites for hydroxylation is 1. The lowest BCUT2D eigenvalue weighted by Gasteiger charge is -2.19. The molecular weight excluding hydrogens is 258 g/mol. The fourth-order valence-corrected chi connectivity index (χ4v) is 1.54. The number of hydrogen-bond acceptors (Lipinski definition) is 5. The monoisotopic (exact) mass is 275 g/mol. The second kappa shape index (κ2) is 5.32. The summed E-state index contributed by atoms with van der Waals surface area (Å²) in [6.07, 6.45) is -0.486. The summed E-state index contributed by atoms with van der Waals surface area (Å²) in [7, 11) is 0. The molecule has 6 nitrogen and oxygen atoms in total. The average Bonchev–Trinajstić information content (AvgIpc) is 2.74. The van der Waals surface area contributed by atoms with Gasteiger partial charge in [0, 0.05) is 18.2 Å². The highest BCUT2D eigenvalue weighted by Crippen LogP contribution is 2.19. The van der Waals surface area contributed by atoms with Crippen LogP contribution in [0.2, 0.25) is 0 Å². The molecule has 1 amide bonds. The van der Waals surface area contributed by atoms with Gasteiger partial charge in [0.1, 0.15) is 5.60 Å². The summed E-state index contributed by atoms with van der Waals surface area (Å²) in [6.45, 7) is 7.17. The van der Waals surface area contributed by atoms with Crippen LogP contribution >= 0.6 is 0 Å². The summed E-state index contributed by atoms with van der Waals surface area (Å²) in [6, 6.07) is 7.11. The van der Waals surface area contributed by atoms with E-state index in [1.807, 2.05) is 20.8 Å². The maximum absolute atomic E-state index is 11.6. The minimum absolute atomic E-state index is 0.486. The van der Waals surface area contributed by atoms with Gasteiger partial charge in [-0.2, -0.15) is 4.98 Å². The van der Waals surface area contributed by atoms with Crippen molar-refractivity contribution in [2.24, 2.45) is 0 Å². The molecule has 1 aromatic carbocycles. The van der Waals surface area contributed by atoms with Gasteiger partial charge in [-0.3, -0.25) is 5.32 Å². The van der Waals surface area contributed by atoms with Crippen LogP contribution in [0, 0.1) is 6.92 Å². The van der Waals surface area contributed by atoms with E-state index in [4.69, 9.17) is 9.26 Å². The van der Waals surface area contributed by atoms with E-state index in [0.717, 1.165) is 5.56 Å². The molecule has 0 fully saturated rings. The number of rotatable bonds is 2. The van der Waals surface area contributed by atoms with Gasteiger partial charge in [0.2, 0.25) is 11.7 Å². The van der Waals surface area contributed by atoms with Crippen molar-refractivity contribution in [3.63, 3.8) is 0 Å². The molecule has 0 radical (unpaired) electrons. The van der Waals surface area contributed by atoms with Crippen molar-refractivity contribution in [3.8, 4) is 11.4 Å². The number of amides is 1. The molecule has 0 saturated heterocycles. The van der Waals surface area contributed by atoms with Gasteiger partial charge in [0.15, 0.2) is 0 Å². The Balaban J connectivity index is 2.03. The lowest BCUT2D eigenvalue weighted by atomic mass is 10.2. The number of hydrogen-bond donors (Lipinski definition) is 1. The predicted octanol–water partition coefficient (Wildman–Crippen LogP) is 3.39. The topological polar surface area (TPSA) is 77.2 Å². The molecule has 20 heavy (non-hydrogen) atoms. The lowest BCUT2D eigenvalue weighted by molar-refractivity contribution is 0.0636. The third kappa shape index (κ3) is 3.81. The average molecular weight is 275 g/mol. The van der Waals surface area contributed by atoms with Crippen LogP contribution in [-0.4, -0.2) is 21.8 Å². The second-order valence-electron chi connectivity index (χ2n) is 5.34. The van der Waals surface area contributed by atoms with Crippen molar-refractivity contribution >= 4 is 11.8 Å². The third-order valence-electron chi connectivity index (χ3n) is 2.32. The minimum Gasteiger partial charge on any atom is -0.444 e. The van der Waals surface area contributed by atoms with E-state index < -0.39 is 11.7 Å². The lowest BCUT2D eigenvalue weighted by Crippen LogP contribution is -2.27. The SMILES string of the molecule is Cc1nc(-c2ccc(NC(=O)OC(C)(C)C)cc2)no1. The predicted molar refractivity (Wildman–Crippen MR) is 74.3 cm³/mol. The summed E-state index contributed by atoms with van der Waals surface area (Å²) in [4.78, 5) is 15.7. The molecule has 1 aromatic heterocycles. The Morgan fingerprint density at radius 1 is 1.25 bits per heavy atom. The fourth-order valence-electron chi connectivity index (χ4n) is 1.54. The molecule has 0 atom stereocenters. The highest BCUT2D eigenvalue weighted by atomic mass is 16.6. The van der Waals surface area contributed by atoms with E-state index in [2.05, 4.69) is 15.5 Å². The molecule has 0 spiro atoms. The first kappa shape index (κ1) is 14.0. The molecule has 6 heteroatoms. The number of nitrogens with one attached hydrogen (secondary N) is 1. The Labute approximate surface area is 117 Å². The van der Waals surface area contributed by atoms with Crippen molar-refractivity contribution in [1.82, 2.24) is 10.1 Å². The quantitative estimate of drug-likeness (QED) is 0.908. The van der Waals surface area contributed by atoms with Gasteiger partial charge < -0.3 is 9.26 Å². The van der Waals surface area contributed by atoms with Crippen molar-refractivity contribution in [2.75, 3.05) is 5.32 Å². The Kier molecular flexibility index (Phi) is 3.74. The zero-order valence-electron chi connectivity index (χ0n) is 11.9. The first-order chi connectivity index (χ1) is 9.33. The van der Waals surface area contributed by atoms with E-state index in [0.29, 0.717) is 17.4 Å². The summed E-state index contributed by atoms with van der Waals surface area (Å²) < 4.78 is 10.1. The van der Waals surface area contributed by atoms with E-state index >= 15 is 0 Å². The molecule has 1 heterocycles. The highest BCUT2D eigenvalue weighted by molar-refractivity contribution is 5.85. The molecule has 2 aromatic rings. The summed E-state index contributed by atoms with van der Waals surface area (Å²) >= 11 is 0. The van der Waals surface area contributed by atoms with Gasteiger partial charge in [-0.05, 0) is 45.0 Å². The molecule has 0 bridgehead atoms. The van der Waals surface area contributed by atoms with E-state index in [-0.39, 0.29) is 0 Å². The number of carbonyl (C=O) groups is 1. The zero-order chi connectivity index (χ0) is 14.8. The maximum atomic E-state index is 11.6. The largest absolute Gasteiger partial charge is 0.444 e. The normalized spacial score (nSPS) is 11.2. The third-order valence-corrected chi connectivity index (χ3v) is 2.32. The molecule has 2 rings (SSSR count). The van der Waals surface area contributed by atoms with E-state index in [9.17, 15) is 4.79 Å². The van der Waals surface area contributed by atoms with Crippen LogP contribution in [0.25, 0.3) is 11.4 Å². The molecule has 106 valence electrons. The second-order valence-corrected chi connectivity index (χ2v) is 5.34. The summed E-state index contributed by atoms with van der Waals surface area (Å²) in [5.41, 5.74) is 0.937. The van der Waals surface area contributed by atoms with Gasteiger partial charge in [-0.1, -0.05) is 5.16 Å². The maximum Gasteiger partial charge on any atom is 0.412 e. The van der Waals surface area contributed by atoms with Crippen molar-refractivity contribution in [1.29, 1.82) is 0 Å². The Morgan fingerprint density at radius 2 is 1.90 bits per heavy atom. The minimum atomic E-state index is -0.522. The van der Waals surface area contributed by atoms with Crippen LogP contribution < -0.4 is 5.32 Å². The van der Waals surface area contributed by atoms with Crippen molar-refractivity contribution in [3.05, 3.63) is 30.2 Å². The molecule has 0 unspecified atom stereocenters. The Morgan fingerprint density at radius 3 is 2.40 bits per heavy atom. The highest BCUT2D eigenvalue weighted by Gasteiger charge is 2.16. The number of benzene rings is 1. The van der Waals surface area contributed by atoms with E-state index in [1.54, 1.807) is 31.2 Å². The first-order valence-corrected chi connectivity index (χ1v) is 6.24. The number of carbonyl (C=O) groups excluding carboxylic acids is 1. The van der Waals surface area contributed by atoms with Gasteiger partial charge >= 0.3 is 6.09 Å². The van der Waals surface area contributed by atoms with Crippen molar-refractivity contribution in [2.45, 2.75) is 33.3 Å². The Bertz CT molecular complexity index is 597. The fraction of sp³-hybridized carbons (Fsp3) is 0.357. The number of ether oxygens (including phenoxy) is 1. The summed E-state index contributed by atoms with van der Waals surface area (Å²) in [5, 5.41) is 6.48. The number of nitrogens with zero attached hydrogens (tertiary/aromatic N) is 2. The van der Waals surface area contributed by atoms with Crippen LogP contribution in [0.4, 0.5) is 10.5 Å². The number of anilines is 1. The summed E-state index contributed by atoms with van der Waals surface area (Å²) in [5.74, 6) is 1.03. The molecule has 0 saturated carbocycles. The molecule has 0 aliphatic heterocycles. The molecule has 0 aliphatic carbocycles. The van der Waals surface area contributed by atoms with Crippen molar-refractivity contribution < 1.29 is 14.1 Å². The standard InChI is InChI=1S/C14H17N3O3/c1-9-15-12(17-20-9)10-5-7-11(8-6-10)16-13(18)19-14(2,3)4/h5-8H,1-4H3,(H,16,18). The smallest absolute Gasteiger partial charge is 0.412 e. The number of aromatic nitrogens is 2. The van der Waals surface area contributed by atoms with Gasteiger partial charge in [-0.15, -0.1) is 0 Å². The van der Waals surface area contributed by atoms with E-state index in [1.165, 1.54) is 0 Å². The van der Waals surface area contributed by atoms with Gasteiger partial charge in [0.25, 0.3) is 0 Å². The van der Waals surface area contributed by atoms with Crippen LogP contribution in [0.1, 0.15) is 26.7 Å². The van der Waals surface area contributed by atoms with Crippen LogP contribution in [-0.2, 0) is 4.74 Å². The first-order valence-electron chi connectivity index (χ1n) is 6.24. The molecular formula is C14H17N3O3. The zero-order valence-corrected chi connectivity index (χ0v) is 11.9.